The molecule has 7 heteroatoms. The molecule has 1 amide bonds. The smallest absolute Gasteiger partial charge is 0.417 e. The van der Waals surface area contributed by atoms with Gasteiger partial charge in [-0.05, 0) is 25.5 Å². The SMILES string of the molecule is CCCCCCCCCCCCCCCOC(=O)[C@H](C)NC(=O)c1ccccc1C(F)(F)F. The van der Waals surface area contributed by atoms with Crippen LogP contribution in [0.2, 0.25) is 0 Å². The van der Waals surface area contributed by atoms with E-state index in [1.54, 1.807) is 0 Å². The highest BCUT2D eigenvalue weighted by atomic mass is 19.4. The third-order valence-corrected chi connectivity index (χ3v) is 5.67. The van der Waals surface area contributed by atoms with E-state index in [1.165, 1.54) is 83.3 Å². The zero-order valence-corrected chi connectivity index (χ0v) is 20.1. The van der Waals surface area contributed by atoms with Crippen LogP contribution < -0.4 is 5.32 Å². The number of rotatable bonds is 17. The predicted molar refractivity (Wildman–Crippen MR) is 125 cm³/mol. The van der Waals surface area contributed by atoms with Gasteiger partial charge in [0, 0.05) is 0 Å². The molecule has 1 atom stereocenters. The molecule has 1 rings (SSSR count). The van der Waals surface area contributed by atoms with Gasteiger partial charge in [-0.25, -0.2) is 4.79 Å². The summed E-state index contributed by atoms with van der Waals surface area (Å²) >= 11 is 0. The highest BCUT2D eigenvalue weighted by Gasteiger charge is 2.35. The number of amides is 1. The average Bonchev–Trinajstić information content (AvgIpc) is 2.78. The molecule has 0 aliphatic rings. The van der Waals surface area contributed by atoms with Crippen LogP contribution in [0.25, 0.3) is 0 Å². The topological polar surface area (TPSA) is 55.4 Å². The second-order valence-corrected chi connectivity index (χ2v) is 8.65. The summed E-state index contributed by atoms with van der Waals surface area (Å²) in [6.07, 6.45) is 11.2. The summed E-state index contributed by atoms with van der Waals surface area (Å²) in [5.74, 6) is -1.60. The van der Waals surface area contributed by atoms with Crippen LogP contribution in [0.1, 0.15) is 113 Å². The van der Waals surface area contributed by atoms with Crippen molar-refractivity contribution < 1.29 is 27.5 Å². The Morgan fingerprint density at radius 3 is 1.85 bits per heavy atom. The van der Waals surface area contributed by atoms with E-state index in [2.05, 4.69) is 12.2 Å². The number of carbonyl (C=O) groups is 2. The van der Waals surface area contributed by atoms with E-state index in [-0.39, 0.29) is 6.61 Å². The van der Waals surface area contributed by atoms with Gasteiger partial charge in [-0.1, -0.05) is 96.1 Å². The molecule has 0 aliphatic carbocycles. The molecule has 0 spiro atoms. The molecular formula is C26H40F3NO3. The molecule has 0 aromatic heterocycles. The zero-order chi connectivity index (χ0) is 24.5. The van der Waals surface area contributed by atoms with Crippen molar-refractivity contribution in [1.29, 1.82) is 0 Å². The Labute approximate surface area is 196 Å². The summed E-state index contributed by atoms with van der Waals surface area (Å²) < 4.78 is 44.3. The molecule has 1 aromatic rings. The molecular weight excluding hydrogens is 431 g/mol. The van der Waals surface area contributed by atoms with E-state index in [4.69, 9.17) is 4.74 Å². The van der Waals surface area contributed by atoms with Crippen LogP contribution in [0.5, 0.6) is 0 Å². The van der Waals surface area contributed by atoms with E-state index in [0.717, 1.165) is 31.4 Å². The molecule has 188 valence electrons. The van der Waals surface area contributed by atoms with Crippen LogP contribution in [0.3, 0.4) is 0 Å². The maximum absolute atomic E-state index is 13.1. The lowest BCUT2D eigenvalue weighted by molar-refractivity contribution is -0.145. The number of hydrogen-bond donors (Lipinski definition) is 1. The summed E-state index contributed by atoms with van der Waals surface area (Å²) in [4.78, 5) is 24.3. The molecule has 0 saturated heterocycles. The van der Waals surface area contributed by atoms with Crippen LogP contribution in [0, 0.1) is 0 Å². The van der Waals surface area contributed by atoms with Crippen molar-refractivity contribution in [3.8, 4) is 0 Å². The Bertz CT molecular complexity index is 692. The monoisotopic (exact) mass is 471 g/mol. The summed E-state index contributed by atoms with van der Waals surface area (Å²) in [5, 5.41) is 2.29. The maximum Gasteiger partial charge on any atom is 0.417 e. The Morgan fingerprint density at radius 2 is 1.33 bits per heavy atom. The van der Waals surface area contributed by atoms with Crippen molar-refractivity contribution in [1.82, 2.24) is 5.32 Å². The molecule has 0 bridgehead atoms. The standard InChI is InChI=1S/C26H40F3NO3/c1-3-4-5-6-7-8-9-10-11-12-13-14-17-20-33-25(32)21(2)30-24(31)22-18-15-16-19-23(22)26(27,28)29/h15-16,18-19,21H,3-14,17,20H2,1-2H3,(H,30,31)/t21-/m0/s1. The minimum Gasteiger partial charge on any atom is -0.464 e. The first-order chi connectivity index (χ1) is 15.8. The van der Waals surface area contributed by atoms with E-state index in [0.29, 0.717) is 0 Å². The van der Waals surface area contributed by atoms with Crippen molar-refractivity contribution in [2.75, 3.05) is 6.61 Å². The lowest BCUT2D eigenvalue weighted by atomic mass is 10.0. The fourth-order valence-electron chi connectivity index (χ4n) is 3.68. The maximum atomic E-state index is 13.1. The van der Waals surface area contributed by atoms with Crippen LogP contribution in [-0.2, 0) is 15.7 Å². The average molecular weight is 472 g/mol. The molecule has 1 N–H and O–H groups in total. The molecule has 0 unspecified atom stereocenters. The Kier molecular flexibility index (Phi) is 14.5. The van der Waals surface area contributed by atoms with Gasteiger partial charge in [0.05, 0.1) is 17.7 Å². The number of unbranched alkanes of at least 4 members (excludes halogenated alkanes) is 12. The number of ether oxygens (including phenoxy) is 1. The number of nitrogens with one attached hydrogen (secondary N) is 1. The van der Waals surface area contributed by atoms with Crippen LogP contribution >= 0.6 is 0 Å². The van der Waals surface area contributed by atoms with Gasteiger partial charge in [-0.2, -0.15) is 13.2 Å². The van der Waals surface area contributed by atoms with Gasteiger partial charge in [-0.15, -0.1) is 0 Å². The van der Waals surface area contributed by atoms with Crippen molar-refractivity contribution in [3.63, 3.8) is 0 Å². The van der Waals surface area contributed by atoms with Crippen molar-refractivity contribution in [3.05, 3.63) is 35.4 Å². The Balaban J connectivity index is 2.12. The third kappa shape index (κ3) is 12.7. The second-order valence-electron chi connectivity index (χ2n) is 8.65. The van der Waals surface area contributed by atoms with Gasteiger partial charge in [-0.3, -0.25) is 4.79 Å². The summed E-state index contributed by atoms with van der Waals surface area (Å²) in [6, 6.07) is 3.46. The minimum atomic E-state index is -4.65. The van der Waals surface area contributed by atoms with Crippen molar-refractivity contribution >= 4 is 11.9 Å². The number of carbonyl (C=O) groups excluding carboxylic acids is 2. The minimum absolute atomic E-state index is 0.246. The Hall–Kier alpha value is -2.05. The first-order valence-corrected chi connectivity index (χ1v) is 12.4. The largest absolute Gasteiger partial charge is 0.464 e. The van der Waals surface area contributed by atoms with Crippen LogP contribution in [0.4, 0.5) is 13.2 Å². The zero-order valence-electron chi connectivity index (χ0n) is 20.1. The molecule has 0 saturated carbocycles. The van der Waals surface area contributed by atoms with Crippen LogP contribution in [-0.4, -0.2) is 24.5 Å². The summed E-state index contributed by atoms with van der Waals surface area (Å²) in [6.45, 7) is 3.88. The first-order valence-electron chi connectivity index (χ1n) is 12.4. The molecule has 4 nitrogen and oxygen atoms in total. The molecule has 0 heterocycles. The van der Waals surface area contributed by atoms with Crippen molar-refractivity contribution in [2.24, 2.45) is 0 Å². The Morgan fingerprint density at radius 1 is 0.848 bits per heavy atom. The lowest BCUT2D eigenvalue weighted by Crippen LogP contribution is -2.40. The fraction of sp³-hybridized carbons (Fsp3) is 0.692. The molecule has 0 aliphatic heterocycles. The van der Waals surface area contributed by atoms with Gasteiger partial charge < -0.3 is 10.1 Å². The van der Waals surface area contributed by atoms with E-state index in [9.17, 15) is 22.8 Å². The normalized spacial score (nSPS) is 12.4. The summed E-state index contributed by atoms with van der Waals surface area (Å²) in [7, 11) is 0. The highest BCUT2D eigenvalue weighted by molar-refractivity contribution is 5.98. The molecule has 33 heavy (non-hydrogen) atoms. The van der Waals surface area contributed by atoms with Gasteiger partial charge >= 0.3 is 12.1 Å². The van der Waals surface area contributed by atoms with Gasteiger partial charge in [0.15, 0.2) is 0 Å². The molecule has 0 radical (unpaired) electrons. The molecule has 0 fully saturated rings. The molecule has 1 aromatic carbocycles. The predicted octanol–water partition coefficient (Wildman–Crippen LogP) is 7.46. The number of hydrogen-bond acceptors (Lipinski definition) is 3. The quantitative estimate of drug-likeness (QED) is 0.189. The summed E-state index contributed by atoms with van der Waals surface area (Å²) in [5.41, 5.74) is -1.55. The third-order valence-electron chi connectivity index (χ3n) is 5.67. The number of halogens is 3. The van der Waals surface area contributed by atoms with Gasteiger partial charge in [0.25, 0.3) is 5.91 Å². The fourth-order valence-corrected chi connectivity index (χ4v) is 3.68. The number of alkyl halides is 3. The second kappa shape index (κ2) is 16.5. The van der Waals surface area contributed by atoms with Crippen LogP contribution in [0.15, 0.2) is 24.3 Å². The van der Waals surface area contributed by atoms with E-state index < -0.39 is 35.2 Å². The van der Waals surface area contributed by atoms with Gasteiger partial charge in [0.2, 0.25) is 0 Å². The van der Waals surface area contributed by atoms with E-state index >= 15 is 0 Å². The van der Waals surface area contributed by atoms with E-state index in [1.807, 2.05) is 0 Å². The number of benzene rings is 1. The van der Waals surface area contributed by atoms with Crippen molar-refractivity contribution in [2.45, 2.75) is 110 Å². The number of esters is 1. The highest BCUT2D eigenvalue weighted by Crippen LogP contribution is 2.31. The first kappa shape index (κ1) is 29.0. The van der Waals surface area contributed by atoms with Gasteiger partial charge in [0.1, 0.15) is 6.04 Å². The lowest BCUT2D eigenvalue weighted by Gasteiger charge is -2.16.